The van der Waals surface area contributed by atoms with E-state index in [1.54, 1.807) is 11.8 Å². The third kappa shape index (κ3) is 5.57. The molecule has 0 aromatic heterocycles. The molecule has 0 fully saturated rings. The van der Waals surface area contributed by atoms with Crippen LogP contribution in [0.15, 0.2) is 48.5 Å². The fourth-order valence-electron chi connectivity index (χ4n) is 2.09. The maximum atomic E-state index is 11.9. The van der Waals surface area contributed by atoms with E-state index in [-0.39, 0.29) is 5.91 Å². The number of benzene rings is 2. The Kier molecular flexibility index (Phi) is 6.53. The van der Waals surface area contributed by atoms with Crippen LogP contribution in [-0.4, -0.2) is 11.7 Å². The summed E-state index contributed by atoms with van der Waals surface area (Å²) in [5, 5.41) is 2.97. The third-order valence-corrected chi connectivity index (χ3v) is 4.55. The number of hydrogen-bond donors (Lipinski definition) is 1. The number of thioether (sulfide) groups is 1. The molecule has 0 aliphatic rings. The molecule has 0 radical (unpaired) electrons. The summed E-state index contributed by atoms with van der Waals surface area (Å²) in [6, 6.07) is 16.9. The quantitative estimate of drug-likeness (QED) is 0.833. The first-order valence-electron chi connectivity index (χ1n) is 7.65. The Morgan fingerprint density at radius 3 is 2.18 bits per heavy atom. The van der Waals surface area contributed by atoms with Crippen LogP contribution < -0.4 is 5.32 Å². The summed E-state index contributed by atoms with van der Waals surface area (Å²) in [7, 11) is 0. The Morgan fingerprint density at radius 2 is 1.55 bits per heavy atom. The van der Waals surface area contributed by atoms with Crippen LogP contribution in [0.25, 0.3) is 0 Å². The van der Waals surface area contributed by atoms with Gasteiger partial charge in [-0.1, -0.05) is 61.0 Å². The summed E-state index contributed by atoms with van der Waals surface area (Å²) in [4.78, 5) is 11.9. The number of hydrogen-bond acceptors (Lipinski definition) is 2. The Morgan fingerprint density at radius 1 is 0.955 bits per heavy atom. The minimum atomic E-state index is 0.0941. The van der Waals surface area contributed by atoms with Gasteiger partial charge >= 0.3 is 0 Å². The van der Waals surface area contributed by atoms with E-state index in [2.05, 4.69) is 67.7 Å². The number of amides is 1. The molecular weight excluding hydrogens is 290 g/mol. The van der Waals surface area contributed by atoms with E-state index in [1.807, 2.05) is 0 Å². The van der Waals surface area contributed by atoms with E-state index >= 15 is 0 Å². The van der Waals surface area contributed by atoms with Crippen molar-refractivity contribution in [2.75, 3.05) is 5.75 Å². The highest BCUT2D eigenvalue weighted by molar-refractivity contribution is 7.99. The van der Waals surface area contributed by atoms with E-state index in [9.17, 15) is 4.79 Å². The van der Waals surface area contributed by atoms with Crippen molar-refractivity contribution in [1.82, 2.24) is 5.32 Å². The van der Waals surface area contributed by atoms with Gasteiger partial charge < -0.3 is 5.32 Å². The molecule has 2 aromatic carbocycles. The van der Waals surface area contributed by atoms with Crippen molar-refractivity contribution in [2.45, 2.75) is 32.6 Å². The molecule has 1 N–H and O–H groups in total. The lowest BCUT2D eigenvalue weighted by atomic mass is 10.1. The van der Waals surface area contributed by atoms with Crippen molar-refractivity contribution in [3.05, 3.63) is 70.8 Å². The van der Waals surface area contributed by atoms with E-state index < -0.39 is 0 Å². The maximum Gasteiger partial charge on any atom is 0.230 e. The Labute approximate surface area is 137 Å². The van der Waals surface area contributed by atoms with Crippen molar-refractivity contribution in [1.29, 1.82) is 0 Å². The molecule has 22 heavy (non-hydrogen) atoms. The average molecular weight is 313 g/mol. The molecular formula is C19H23NOS. The van der Waals surface area contributed by atoms with E-state index in [0.717, 1.165) is 17.7 Å². The van der Waals surface area contributed by atoms with Gasteiger partial charge in [0, 0.05) is 12.3 Å². The smallest absolute Gasteiger partial charge is 0.230 e. The zero-order chi connectivity index (χ0) is 15.8. The largest absolute Gasteiger partial charge is 0.351 e. The summed E-state index contributed by atoms with van der Waals surface area (Å²) >= 11 is 1.65. The van der Waals surface area contributed by atoms with Crippen LogP contribution in [0.5, 0.6) is 0 Å². The van der Waals surface area contributed by atoms with Crippen molar-refractivity contribution in [2.24, 2.45) is 0 Å². The summed E-state index contributed by atoms with van der Waals surface area (Å²) in [6.07, 6.45) is 1.04. The molecule has 0 saturated heterocycles. The topological polar surface area (TPSA) is 29.1 Å². The number of aryl methyl sites for hydroxylation is 2. The van der Waals surface area contributed by atoms with E-state index in [1.165, 1.54) is 16.7 Å². The normalized spacial score (nSPS) is 10.5. The predicted molar refractivity (Wildman–Crippen MR) is 95.0 cm³/mol. The second kappa shape index (κ2) is 8.64. The van der Waals surface area contributed by atoms with Crippen LogP contribution in [0, 0.1) is 6.92 Å². The number of rotatable bonds is 7. The minimum absolute atomic E-state index is 0.0941. The molecule has 3 heteroatoms. The molecule has 2 rings (SSSR count). The fraction of sp³-hybridized carbons (Fsp3) is 0.316. The first-order valence-corrected chi connectivity index (χ1v) is 8.80. The predicted octanol–water partition coefficient (Wildman–Crippen LogP) is 4.11. The highest BCUT2D eigenvalue weighted by Crippen LogP contribution is 2.12. The van der Waals surface area contributed by atoms with Crippen LogP contribution >= 0.6 is 11.8 Å². The van der Waals surface area contributed by atoms with Crippen molar-refractivity contribution in [3.63, 3.8) is 0 Å². The lowest BCUT2D eigenvalue weighted by Crippen LogP contribution is -2.24. The standard InChI is InChI=1S/C19H23NOS/c1-3-16-8-10-17(11-9-16)12-20-19(21)14-22-13-18-6-4-15(2)5-7-18/h4-11H,3,12-14H2,1-2H3,(H,20,21). The minimum Gasteiger partial charge on any atom is -0.351 e. The first-order chi connectivity index (χ1) is 10.7. The van der Waals surface area contributed by atoms with Gasteiger partial charge in [0.05, 0.1) is 5.75 Å². The molecule has 116 valence electrons. The van der Waals surface area contributed by atoms with Crippen LogP contribution in [0.2, 0.25) is 0 Å². The van der Waals surface area contributed by atoms with E-state index in [4.69, 9.17) is 0 Å². The van der Waals surface area contributed by atoms with Gasteiger partial charge in [-0.3, -0.25) is 4.79 Å². The van der Waals surface area contributed by atoms with Crippen LogP contribution in [0.3, 0.4) is 0 Å². The molecule has 0 aliphatic heterocycles. The average Bonchev–Trinajstić information content (AvgIpc) is 2.55. The van der Waals surface area contributed by atoms with Gasteiger partial charge in [-0.25, -0.2) is 0 Å². The van der Waals surface area contributed by atoms with Crippen LogP contribution in [-0.2, 0) is 23.5 Å². The summed E-state index contributed by atoms with van der Waals surface area (Å²) in [6.45, 7) is 4.83. The van der Waals surface area contributed by atoms with Crippen LogP contribution in [0.1, 0.15) is 29.2 Å². The maximum absolute atomic E-state index is 11.9. The fourth-order valence-corrected chi connectivity index (χ4v) is 2.91. The second-order valence-corrected chi connectivity index (χ2v) is 6.41. The van der Waals surface area contributed by atoms with Gasteiger partial charge in [0.25, 0.3) is 0 Å². The molecule has 0 aliphatic carbocycles. The second-order valence-electron chi connectivity index (χ2n) is 5.43. The molecule has 2 aromatic rings. The summed E-state index contributed by atoms with van der Waals surface area (Å²) < 4.78 is 0. The van der Waals surface area contributed by atoms with Gasteiger partial charge in [-0.05, 0) is 30.0 Å². The first kappa shape index (κ1) is 16.6. The number of nitrogens with one attached hydrogen (secondary N) is 1. The molecule has 0 heterocycles. The lowest BCUT2D eigenvalue weighted by molar-refractivity contribution is -0.118. The molecule has 0 bridgehead atoms. The highest BCUT2D eigenvalue weighted by Gasteiger charge is 2.02. The van der Waals surface area contributed by atoms with E-state index in [0.29, 0.717) is 12.3 Å². The summed E-state index contributed by atoms with van der Waals surface area (Å²) in [5.74, 6) is 1.47. The Bertz CT molecular complexity index is 590. The SMILES string of the molecule is CCc1ccc(CNC(=O)CSCc2ccc(C)cc2)cc1. The van der Waals surface area contributed by atoms with Gasteiger partial charge in [-0.15, -0.1) is 11.8 Å². The third-order valence-electron chi connectivity index (χ3n) is 3.54. The van der Waals surface area contributed by atoms with Gasteiger partial charge in [0.15, 0.2) is 0 Å². The monoisotopic (exact) mass is 313 g/mol. The van der Waals surface area contributed by atoms with Crippen molar-refractivity contribution >= 4 is 17.7 Å². The highest BCUT2D eigenvalue weighted by atomic mass is 32.2. The molecule has 0 saturated carbocycles. The Balaban J connectivity index is 1.68. The lowest BCUT2D eigenvalue weighted by Gasteiger charge is -2.06. The molecule has 0 atom stereocenters. The van der Waals surface area contributed by atoms with Gasteiger partial charge in [0.2, 0.25) is 5.91 Å². The molecule has 0 spiro atoms. The number of carbonyl (C=O) groups excluding carboxylic acids is 1. The van der Waals surface area contributed by atoms with Crippen LogP contribution in [0.4, 0.5) is 0 Å². The summed E-state index contributed by atoms with van der Waals surface area (Å²) in [5.41, 5.74) is 5.00. The number of carbonyl (C=O) groups is 1. The Hall–Kier alpha value is -1.74. The van der Waals surface area contributed by atoms with Crippen molar-refractivity contribution < 1.29 is 4.79 Å². The van der Waals surface area contributed by atoms with Gasteiger partial charge in [-0.2, -0.15) is 0 Å². The van der Waals surface area contributed by atoms with Crippen molar-refractivity contribution in [3.8, 4) is 0 Å². The molecule has 2 nitrogen and oxygen atoms in total. The zero-order valence-electron chi connectivity index (χ0n) is 13.3. The zero-order valence-corrected chi connectivity index (χ0v) is 14.1. The molecule has 0 unspecified atom stereocenters. The molecule has 1 amide bonds. The van der Waals surface area contributed by atoms with Gasteiger partial charge in [0.1, 0.15) is 0 Å².